The van der Waals surface area contributed by atoms with Crippen molar-refractivity contribution in [2.45, 2.75) is 12.6 Å². The molecule has 134 valence electrons. The fourth-order valence-corrected chi connectivity index (χ4v) is 2.50. The van der Waals surface area contributed by atoms with Gasteiger partial charge >= 0.3 is 0 Å². The maximum absolute atomic E-state index is 12.2. The molecule has 2 aromatic carbocycles. The minimum atomic E-state index is -0.322. The Labute approximate surface area is 158 Å². The fourth-order valence-electron chi connectivity index (χ4n) is 2.37. The van der Waals surface area contributed by atoms with Crippen LogP contribution in [0.1, 0.15) is 5.56 Å². The Kier molecular flexibility index (Phi) is 7.52. The van der Waals surface area contributed by atoms with E-state index in [1.54, 1.807) is 6.07 Å². The Morgan fingerprint density at radius 2 is 2.08 bits per heavy atom. The Morgan fingerprint density at radius 1 is 1.28 bits per heavy atom. The van der Waals surface area contributed by atoms with Gasteiger partial charge in [-0.05, 0) is 29.8 Å². The lowest BCUT2D eigenvalue weighted by atomic mass is 10.2. The summed E-state index contributed by atoms with van der Waals surface area (Å²) in [6.45, 7) is 2.14. The van der Waals surface area contributed by atoms with Crippen LogP contribution in [0.25, 0.3) is 0 Å². The van der Waals surface area contributed by atoms with Crippen molar-refractivity contribution in [1.29, 1.82) is 0 Å². The molecule has 1 aliphatic heterocycles. The van der Waals surface area contributed by atoms with Gasteiger partial charge in [-0.3, -0.25) is 4.79 Å². The summed E-state index contributed by atoms with van der Waals surface area (Å²) in [6.07, 6.45) is 0. The summed E-state index contributed by atoms with van der Waals surface area (Å²) in [4.78, 5) is 12.2. The molecule has 1 fully saturated rings. The van der Waals surface area contributed by atoms with Crippen molar-refractivity contribution in [2.75, 3.05) is 25.1 Å². The number of carbonyl (C=O) groups excluding carboxylic acids is 1. The molecule has 1 atom stereocenters. The molecule has 1 aliphatic rings. The molecule has 0 saturated carbocycles. The summed E-state index contributed by atoms with van der Waals surface area (Å²) < 4.78 is 11.1. The summed E-state index contributed by atoms with van der Waals surface area (Å²) in [5.41, 5.74) is 1.72. The van der Waals surface area contributed by atoms with Gasteiger partial charge in [0.05, 0.1) is 13.2 Å². The monoisotopic (exact) mass is 382 g/mol. The predicted octanol–water partition coefficient (Wildman–Crippen LogP) is 3.27. The average molecular weight is 383 g/mol. The summed E-state index contributed by atoms with van der Waals surface area (Å²) >= 11 is 5.87. The van der Waals surface area contributed by atoms with Crippen LogP contribution >= 0.6 is 24.0 Å². The second-order valence-electron chi connectivity index (χ2n) is 5.51. The van der Waals surface area contributed by atoms with Crippen LogP contribution in [0.5, 0.6) is 5.75 Å². The number of morpholine rings is 1. The Hall–Kier alpha value is -1.79. The molecule has 25 heavy (non-hydrogen) atoms. The maximum Gasteiger partial charge on any atom is 0.243 e. The number of rotatable bonds is 5. The zero-order chi connectivity index (χ0) is 16.8. The molecule has 1 unspecified atom stereocenters. The number of halogens is 2. The molecule has 5 nitrogen and oxygen atoms in total. The van der Waals surface area contributed by atoms with E-state index >= 15 is 0 Å². The third kappa shape index (κ3) is 5.90. The van der Waals surface area contributed by atoms with Crippen LogP contribution in [0.2, 0.25) is 5.02 Å². The highest BCUT2D eigenvalue weighted by atomic mass is 35.5. The lowest BCUT2D eigenvalue weighted by molar-refractivity contribution is -0.120. The van der Waals surface area contributed by atoms with Crippen LogP contribution in [0.3, 0.4) is 0 Å². The average Bonchev–Trinajstić information content (AvgIpc) is 2.62. The minimum absolute atomic E-state index is 0. The van der Waals surface area contributed by atoms with Gasteiger partial charge in [0.25, 0.3) is 0 Å². The highest BCUT2D eigenvalue weighted by Crippen LogP contribution is 2.19. The van der Waals surface area contributed by atoms with Gasteiger partial charge in [-0.2, -0.15) is 0 Å². The Balaban J connectivity index is 0.00000225. The van der Waals surface area contributed by atoms with Crippen LogP contribution in [-0.4, -0.2) is 31.7 Å². The molecule has 1 amide bonds. The van der Waals surface area contributed by atoms with E-state index in [-0.39, 0.29) is 24.4 Å². The normalized spacial score (nSPS) is 16.6. The number of nitrogens with one attached hydrogen (secondary N) is 2. The summed E-state index contributed by atoms with van der Waals surface area (Å²) in [5, 5.41) is 6.70. The first-order valence-corrected chi connectivity index (χ1v) is 8.18. The fraction of sp³-hybridized carbons (Fsp3) is 0.278. The largest absolute Gasteiger partial charge is 0.489 e. The molecule has 0 bridgehead atoms. The van der Waals surface area contributed by atoms with E-state index in [0.29, 0.717) is 42.8 Å². The third-order valence-corrected chi connectivity index (χ3v) is 3.91. The Bertz CT molecular complexity index is 689. The summed E-state index contributed by atoms with van der Waals surface area (Å²) in [7, 11) is 0. The SMILES string of the molecule is Cl.O=C(Nc1cccc(OCc2ccc(Cl)cc2)c1)C1COCCN1. The van der Waals surface area contributed by atoms with Crippen molar-refractivity contribution < 1.29 is 14.3 Å². The molecular formula is C18H20Cl2N2O3. The molecule has 0 spiro atoms. The molecule has 1 saturated heterocycles. The second-order valence-corrected chi connectivity index (χ2v) is 5.95. The van der Waals surface area contributed by atoms with Crippen molar-refractivity contribution in [3.05, 3.63) is 59.1 Å². The van der Waals surface area contributed by atoms with E-state index in [1.807, 2.05) is 42.5 Å². The molecular weight excluding hydrogens is 363 g/mol. The smallest absolute Gasteiger partial charge is 0.243 e. The van der Waals surface area contributed by atoms with Crippen LogP contribution in [-0.2, 0) is 16.1 Å². The van der Waals surface area contributed by atoms with Crippen molar-refractivity contribution in [3.8, 4) is 5.75 Å². The highest BCUT2D eigenvalue weighted by molar-refractivity contribution is 6.30. The number of benzene rings is 2. The van der Waals surface area contributed by atoms with Crippen LogP contribution in [0, 0.1) is 0 Å². The molecule has 1 heterocycles. The van der Waals surface area contributed by atoms with Gasteiger partial charge in [0, 0.05) is 23.3 Å². The van der Waals surface area contributed by atoms with E-state index in [1.165, 1.54) is 0 Å². The number of amides is 1. The van der Waals surface area contributed by atoms with Gasteiger partial charge in [-0.15, -0.1) is 12.4 Å². The molecule has 2 aromatic rings. The summed E-state index contributed by atoms with van der Waals surface area (Å²) in [5.74, 6) is 0.583. The third-order valence-electron chi connectivity index (χ3n) is 3.66. The molecule has 7 heteroatoms. The van der Waals surface area contributed by atoms with E-state index in [2.05, 4.69) is 10.6 Å². The number of hydrogen-bond acceptors (Lipinski definition) is 4. The zero-order valence-electron chi connectivity index (χ0n) is 13.5. The lowest BCUT2D eigenvalue weighted by Crippen LogP contribution is -2.48. The quantitative estimate of drug-likeness (QED) is 0.832. The lowest BCUT2D eigenvalue weighted by Gasteiger charge is -2.23. The highest BCUT2D eigenvalue weighted by Gasteiger charge is 2.21. The van der Waals surface area contributed by atoms with E-state index in [4.69, 9.17) is 21.1 Å². The van der Waals surface area contributed by atoms with E-state index in [9.17, 15) is 4.79 Å². The van der Waals surface area contributed by atoms with Crippen molar-refractivity contribution >= 4 is 35.6 Å². The topological polar surface area (TPSA) is 59.6 Å². The van der Waals surface area contributed by atoms with Crippen molar-refractivity contribution in [2.24, 2.45) is 0 Å². The first kappa shape index (κ1) is 19.5. The first-order chi connectivity index (χ1) is 11.7. The molecule has 0 aromatic heterocycles. The standard InChI is InChI=1S/C18H19ClN2O3.ClH/c19-14-6-4-13(5-7-14)11-24-16-3-1-2-15(10-16)21-18(22)17-12-23-9-8-20-17;/h1-7,10,17,20H,8-9,11-12H2,(H,21,22);1H. The second kappa shape index (κ2) is 9.63. The molecule has 2 N–H and O–H groups in total. The number of carbonyl (C=O) groups is 1. The zero-order valence-corrected chi connectivity index (χ0v) is 15.1. The molecule has 3 rings (SSSR count). The molecule has 0 radical (unpaired) electrons. The van der Waals surface area contributed by atoms with Crippen LogP contribution < -0.4 is 15.4 Å². The van der Waals surface area contributed by atoms with Gasteiger partial charge in [0.15, 0.2) is 0 Å². The van der Waals surface area contributed by atoms with Crippen molar-refractivity contribution in [3.63, 3.8) is 0 Å². The maximum atomic E-state index is 12.2. The molecule has 0 aliphatic carbocycles. The van der Waals surface area contributed by atoms with Crippen LogP contribution in [0.15, 0.2) is 48.5 Å². The van der Waals surface area contributed by atoms with E-state index in [0.717, 1.165) is 5.56 Å². The van der Waals surface area contributed by atoms with Crippen molar-refractivity contribution in [1.82, 2.24) is 5.32 Å². The Morgan fingerprint density at radius 3 is 2.80 bits per heavy atom. The van der Waals surface area contributed by atoms with E-state index < -0.39 is 0 Å². The number of hydrogen-bond donors (Lipinski definition) is 2. The van der Waals surface area contributed by atoms with Gasteiger partial charge in [-0.25, -0.2) is 0 Å². The van der Waals surface area contributed by atoms with Gasteiger partial charge in [0.2, 0.25) is 5.91 Å². The number of ether oxygens (including phenoxy) is 2. The van der Waals surface area contributed by atoms with Crippen LogP contribution in [0.4, 0.5) is 5.69 Å². The summed E-state index contributed by atoms with van der Waals surface area (Å²) in [6, 6.07) is 14.5. The van der Waals surface area contributed by atoms with Gasteiger partial charge in [0.1, 0.15) is 18.4 Å². The van der Waals surface area contributed by atoms with Gasteiger partial charge < -0.3 is 20.1 Å². The number of anilines is 1. The van der Waals surface area contributed by atoms with Gasteiger partial charge in [-0.1, -0.05) is 29.8 Å². The minimum Gasteiger partial charge on any atom is -0.489 e. The predicted molar refractivity (Wildman–Crippen MR) is 101 cm³/mol. The first-order valence-electron chi connectivity index (χ1n) is 7.80.